The third-order valence-corrected chi connectivity index (χ3v) is 3.98. The number of amides is 3. The smallest absolute Gasteiger partial charge is 0.251 e. The van der Waals surface area contributed by atoms with E-state index in [0.717, 1.165) is 12.0 Å². The normalized spacial score (nSPS) is 17.0. The largest absolute Gasteiger partial charge is 0.347 e. The molecule has 6 nitrogen and oxygen atoms in total. The molecule has 124 valence electrons. The average molecular weight is 317 g/mol. The predicted molar refractivity (Wildman–Crippen MR) is 86.9 cm³/mol. The van der Waals surface area contributed by atoms with E-state index in [4.69, 9.17) is 0 Å². The molecule has 1 unspecified atom stereocenters. The number of hydrogen-bond donors (Lipinski definition) is 1. The van der Waals surface area contributed by atoms with E-state index in [-0.39, 0.29) is 24.3 Å². The molecule has 0 spiro atoms. The Morgan fingerprint density at radius 3 is 2.70 bits per heavy atom. The van der Waals surface area contributed by atoms with Gasteiger partial charge in [0.05, 0.1) is 6.54 Å². The lowest BCUT2D eigenvalue weighted by Gasteiger charge is -2.26. The van der Waals surface area contributed by atoms with Crippen LogP contribution >= 0.6 is 0 Å². The van der Waals surface area contributed by atoms with E-state index >= 15 is 0 Å². The minimum atomic E-state index is -0.409. The Balaban J connectivity index is 1.94. The summed E-state index contributed by atoms with van der Waals surface area (Å²) in [6, 6.07) is 6.78. The van der Waals surface area contributed by atoms with Crippen molar-refractivity contribution < 1.29 is 14.4 Å². The molecule has 2 rings (SSSR count). The average Bonchev–Trinajstić information content (AvgIpc) is 3.00. The first-order valence-electron chi connectivity index (χ1n) is 7.75. The Bertz CT molecular complexity index is 613. The van der Waals surface area contributed by atoms with Gasteiger partial charge >= 0.3 is 0 Å². The van der Waals surface area contributed by atoms with Crippen molar-refractivity contribution in [3.05, 3.63) is 35.4 Å². The molecular formula is C17H23N3O3. The van der Waals surface area contributed by atoms with Crippen molar-refractivity contribution in [2.24, 2.45) is 0 Å². The molecule has 0 radical (unpaired) electrons. The first-order valence-corrected chi connectivity index (χ1v) is 7.75. The van der Waals surface area contributed by atoms with Crippen LogP contribution in [0.3, 0.4) is 0 Å². The molecule has 0 aliphatic carbocycles. The van der Waals surface area contributed by atoms with Crippen LogP contribution in [0.25, 0.3) is 0 Å². The summed E-state index contributed by atoms with van der Waals surface area (Å²) in [4.78, 5) is 39.6. The molecule has 1 fully saturated rings. The lowest BCUT2D eigenvalue weighted by atomic mass is 10.1. The second kappa shape index (κ2) is 7.26. The van der Waals surface area contributed by atoms with Crippen molar-refractivity contribution >= 4 is 17.7 Å². The van der Waals surface area contributed by atoms with Crippen LogP contribution < -0.4 is 5.32 Å². The van der Waals surface area contributed by atoms with Crippen molar-refractivity contribution in [3.63, 3.8) is 0 Å². The monoisotopic (exact) mass is 317 g/mol. The standard InChI is InChI=1S/C17H23N3O3/c1-12-6-4-7-13(10-12)16(22)18-11-15(21)20-9-5-8-14(20)17(23)19(2)3/h4,6-7,10,14H,5,8-9,11H2,1-3H3,(H,18,22). The SMILES string of the molecule is Cc1cccc(C(=O)NCC(=O)N2CCCC2C(=O)N(C)C)c1. The van der Waals surface area contributed by atoms with Gasteiger partial charge in [-0.25, -0.2) is 0 Å². The van der Waals surface area contributed by atoms with Gasteiger partial charge in [0.25, 0.3) is 5.91 Å². The van der Waals surface area contributed by atoms with Gasteiger partial charge in [0.2, 0.25) is 11.8 Å². The molecule has 23 heavy (non-hydrogen) atoms. The molecule has 1 saturated heterocycles. The van der Waals surface area contributed by atoms with Gasteiger partial charge in [-0.05, 0) is 31.9 Å². The molecule has 1 aromatic carbocycles. The molecule has 0 saturated carbocycles. The molecule has 1 aromatic rings. The van der Waals surface area contributed by atoms with Crippen molar-refractivity contribution in [3.8, 4) is 0 Å². The number of aryl methyl sites for hydroxylation is 1. The third kappa shape index (κ3) is 4.09. The summed E-state index contributed by atoms with van der Waals surface area (Å²) in [6.07, 6.45) is 1.48. The van der Waals surface area contributed by atoms with E-state index in [1.807, 2.05) is 13.0 Å². The molecular weight excluding hydrogens is 294 g/mol. The van der Waals surface area contributed by atoms with Gasteiger partial charge in [-0.15, -0.1) is 0 Å². The van der Waals surface area contributed by atoms with Crippen molar-refractivity contribution in [2.45, 2.75) is 25.8 Å². The molecule has 1 atom stereocenters. The van der Waals surface area contributed by atoms with Crippen LogP contribution in [0.2, 0.25) is 0 Å². The topological polar surface area (TPSA) is 69.7 Å². The summed E-state index contributed by atoms with van der Waals surface area (Å²) < 4.78 is 0. The van der Waals surface area contributed by atoms with Gasteiger partial charge in [-0.2, -0.15) is 0 Å². The Morgan fingerprint density at radius 2 is 2.04 bits per heavy atom. The van der Waals surface area contributed by atoms with Crippen LogP contribution in [-0.4, -0.2) is 60.7 Å². The zero-order chi connectivity index (χ0) is 17.0. The maximum atomic E-state index is 12.3. The summed E-state index contributed by atoms with van der Waals surface area (Å²) in [5.74, 6) is -0.568. The molecule has 0 aromatic heterocycles. The first-order chi connectivity index (χ1) is 10.9. The zero-order valence-corrected chi connectivity index (χ0v) is 13.8. The minimum absolute atomic E-state index is 0.0686. The molecule has 3 amide bonds. The van der Waals surface area contributed by atoms with Gasteiger partial charge < -0.3 is 15.1 Å². The minimum Gasteiger partial charge on any atom is -0.347 e. The van der Waals surface area contributed by atoms with E-state index in [1.54, 1.807) is 37.2 Å². The molecule has 6 heteroatoms. The van der Waals surface area contributed by atoms with Crippen molar-refractivity contribution in [2.75, 3.05) is 27.2 Å². The van der Waals surface area contributed by atoms with E-state index in [0.29, 0.717) is 18.5 Å². The van der Waals surface area contributed by atoms with Crippen molar-refractivity contribution in [1.29, 1.82) is 0 Å². The summed E-state index contributed by atoms with van der Waals surface area (Å²) >= 11 is 0. The number of likely N-dealkylation sites (N-methyl/N-ethyl adjacent to an activating group) is 1. The molecule has 1 aliphatic heterocycles. The highest BCUT2D eigenvalue weighted by Gasteiger charge is 2.34. The van der Waals surface area contributed by atoms with Gasteiger partial charge in [-0.3, -0.25) is 14.4 Å². The summed E-state index contributed by atoms with van der Waals surface area (Å²) in [7, 11) is 3.37. The van der Waals surface area contributed by atoms with Crippen LogP contribution in [0.15, 0.2) is 24.3 Å². The molecule has 1 aliphatic rings. The van der Waals surface area contributed by atoms with E-state index in [1.165, 1.54) is 4.90 Å². The van der Waals surface area contributed by atoms with Crippen LogP contribution in [0.4, 0.5) is 0 Å². The molecule has 1 heterocycles. The Hall–Kier alpha value is -2.37. The Morgan fingerprint density at radius 1 is 1.30 bits per heavy atom. The number of carbonyl (C=O) groups excluding carboxylic acids is 3. The fourth-order valence-electron chi connectivity index (χ4n) is 2.77. The second-order valence-electron chi connectivity index (χ2n) is 6.03. The summed E-state index contributed by atoms with van der Waals surface area (Å²) in [5.41, 5.74) is 1.51. The van der Waals surface area contributed by atoms with E-state index in [2.05, 4.69) is 5.32 Å². The third-order valence-electron chi connectivity index (χ3n) is 3.98. The predicted octanol–water partition coefficient (Wildman–Crippen LogP) is 0.804. The van der Waals surface area contributed by atoms with Crippen LogP contribution in [-0.2, 0) is 9.59 Å². The lowest BCUT2D eigenvalue weighted by molar-refractivity contribution is -0.141. The van der Waals surface area contributed by atoms with Gasteiger partial charge in [0, 0.05) is 26.2 Å². The van der Waals surface area contributed by atoms with Gasteiger partial charge in [0.15, 0.2) is 0 Å². The quantitative estimate of drug-likeness (QED) is 0.893. The zero-order valence-electron chi connectivity index (χ0n) is 13.8. The highest BCUT2D eigenvalue weighted by Crippen LogP contribution is 2.18. The number of nitrogens with zero attached hydrogens (tertiary/aromatic N) is 2. The number of carbonyl (C=O) groups is 3. The second-order valence-corrected chi connectivity index (χ2v) is 6.03. The van der Waals surface area contributed by atoms with E-state index < -0.39 is 6.04 Å². The van der Waals surface area contributed by atoms with Gasteiger partial charge in [0.1, 0.15) is 6.04 Å². The number of nitrogens with one attached hydrogen (secondary N) is 1. The molecule has 0 bridgehead atoms. The van der Waals surface area contributed by atoms with Crippen LogP contribution in [0.5, 0.6) is 0 Å². The lowest BCUT2D eigenvalue weighted by Crippen LogP contribution is -2.48. The van der Waals surface area contributed by atoms with E-state index in [9.17, 15) is 14.4 Å². The maximum Gasteiger partial charge on any atom is 0.251 e. The van der Waals surface area contributed by atoms with Crippen LogP contribution in [0, 0.1) is 6.92 Å². The maximum absolute atomic E-state index is 12.3. The number of rotatable bonds is 4. The Labute approximate surface area is 136 Å². The Kier molecular flexibility index (Phi) is 5.36. The number of likely N-dealkylation sites (tertiary alicyclic amines) is 1. The fraction of sp³-hybridized carbons (Fsp3) is 0.471. The van der Waals surface area contributed by atoms with Gasteiger partial charge in [-0.1, -0.05) is 17.7 Å². The fourth-order valence-corrected chi connectivity index (χ4v) is 2.77. The first kappa shape index (κ1) is 17.0. The van der Waals surface area contributed by atoms with Crippen molar-refractivity contribution in [1.82, 2.24) is 15.1 Å². The number of hydrogen-bond acceptors (Lipinski definition) is 3. The molecule has 1 N–H and O–H groups in total. The number of benzene rings is 1. The highest BCUT2D eigenvalue weighted by molar-refractivity contribution is 5.97. The summed E-state index contributed by atoms with van der Waals surface area (Å²) in [6.45, 7) is 2.37. The van der Waals surface area contributed by atoms with Crippen LogP contribution in [0.1, 0.15) is 28.8 Å². The summed E-state index contributed by atoms with van der Waals surface area (Å²) in [5, 5.41) is 2.64. The highest BCUT2D eigenvalue weighted by atomic mass is 16.2.